The van der Waals surface area contributed by atoms with Crippen LogP contribution in [0.15, 0.2) is 42.9 Å². The summed E-state index contributed by atoms with van der Waals surface area (Å²) in [5.74, 6) is 0.521. The first-order valence-corrected chi connectivity index (χ1v) is 6.96. The van der Waals surface area contributed by atoms with Crippen LogP contribution in [0.5, 0.6) is 0 Å². The minimum atomic E-state index is -0.119. The molecule has 0 aliphatic heterocycles. The van der Waals surface area contributed by atoms with E-state index in [-0.39, 0.29) is 5.91 Å². The lowest BCUT2D eigenvalue weighted by Gasteiger charge is -2.07. The number of nitrogens with zero attached hydrogens (tertiary/aromatic N) is 4. The molecule has 0 atom stereocenters. The number of nitrogens with one attached hydrogen (secondary N) is 2. The van der Waals surface area contributed by atoms with Crippen molar-refractivity contribution in [2.75, 3.05) is 6.54 Å². The van der Waals surface area contributed by atoms with Crippen LogP contribution in [0.25, 0.3) is 11.4 Å². The van der Waals surface area contributed by atoms with Crippen LogP contribution >= 0.6 is 0 Å². The van der Waals surface area contributed by atoms with Gasteiger partial charge in [-0.05, 0) is 25.1 Å². The van der Waals surface area contributed by atoms with Crippen molar-refractivity contribution in [1.29, 1.82) is 0 Å². The van der Waals surface area contributed by atoms with E-state index in [1.807, 2.05) is 29.8 Å². The van der Waals surface area contributed by atoms with E-state index in [1.54, 1.807) is 18.3 Å². The first-order valence-electron chi connectivity index (χ1n) is 6.96. The van der Waals surface area contributed by atoms with Gasteiger partial charge in [0.1, 0.15) is 6.33 Å². The molecule has 1 aromatic carbocycles. The van der Waals surface area contributed by atoms with Crippen molar-refractivity contribution in [2.24, 2.45) is 0 Å². The van der Waals surface area contributed by atoms with Gasteiger partial charge in [-0.25, -0.2) is 4.98 Å². The van der Waals surface area contributed by atoms with Crippen LogP contribution in [0.4, 0.5) is 0 Å². The largest absolute Gasteiger partial charge is 0.350 e. The van der Waals surface area contributed by atoms with E-state index >= 15 is 0 Å². The Kier molecular flexibility index (Phi) is 3.95. The molecule has 2 heterocycles. The predicted molar refractivity (Wildman–Crippen MR) is 81.1 cm³/mol. The van der Waals surface area contributed by atoms with Crippen LogP contribution in [0.2, 0.25) is 0 Å². The number of amides is 1. The third-order valence-electron chi connectivity index (χ3n) is 3.35. The van der Waals surface area contributed by atoms with Gasteiger partial charge >= 0.3 is 0 Å². The summed E-state index contributed by atoms with van der Waals surface area (Å²) in [5, 5.41) is 13.7. The summed E-state index contributed by atoms with van der Waals surface area (Å²) in [6.07, 6.45) is 3.19. The van der Waals surface area contributed by atoms with E-state index in [4.69, 9.17) is 0 Å². The molecule has 1 amide bonds. The van der Waals surface area contributed by atoms with Crippen LogP contribution in [0, 0.1) is 6.92 Å². The molecule has 0 bridgehead atoms. The molecule has 0 spiro atoms. The molecule has 2 N–H and O–H groups in total. The van der Waals surface area contributed by atoms with Gasteiger partial charge in [0, 0.05) is 29.6 Å². The number of aromatic nitrogens is 5. The van der Waals surface area contributed by atoms with E-state index in [0.717, 1.165) is 11.3 Å². The molecule has 2 aromatic heterocycles. The van der Waals surface area contributed by atoms with Crippen LogP contribution < -0.4 is 5.32 Å². The molecular formula is C15H16N6O. The average Bonchev–Trinajstić information content (AvgIpc) is 3.20. The lowest BCUT2D eigenvalue weighted by molar-refractivity contribution is 0.0952. The second-order valence-electron chi connectivity index (χ2n) is 4.87. The molecule has 0 fully saturated rings. The number of aryl methyl sites for hydroxylation is 1. The molecular weight excluding hydrogens is 280 g/mol. The number of aromatic amines is 1. The van der Waals surface area contributed by atoms with Crippen molar-refractivity contribution in [3.05, 3.63) is 54.1 Å². The van der Waals surface area contributed by atoms with Gasteiger partial charge in [0.2, 0.25) is 0 Å². The Morgan fingerprint density at radius 1 is 1.36 bits per heavy atom. The highest BCUT2D eigenvalue weighted by molar-refractivity contribution is 5.95. The number of benzene rings is 1. The van der Waals surface area contributed by atoms with Crippen LogP contribution in [0.3, 0.4) is 0 Å². The zero-order chi connectivity index (χ0) is 15.4. The number of H-pyrrole nitrogens is 1. The zero-order valence-electron chi connectivity index (χ0n) is 12.2. The zero-order valence-corrected chi connectivity index (χ0v) is 12.2. The second kappa shape index (κ2) is 6.21. The molecule has 0 saturated carbocycles. The molecule has 3 aromatic rings. The highest BCUT2D eigenvalue weighted by Crippen LogP contribution is 2.15. The quantitative estimate of drug-likeness (QED) is 0.745. The van der Waals surface area contributed by atoms with E-state index in [1.165, 1.54) is 6.33 Å². The van der Waals surface area contributed by atoms with Crippen LogP contribution in [0.1, 0.15) is 16.1 Å². The molecule has 7 nitrogen and oxygen atoms in total. The summed E-state index contributed by atoms with van der Waals surface area (Å²) in [6.45, 7) is 3.15. The minimum Gasteiger partial charge on any atom is -0.350 e. The first-order chi connectivity index (χ1) is 10.7. The predicted octanol–water partition coefficient (Wildman–Crippen LogP) is 1.41. The number of rotatable bonds is 5. The van der Waals surface area contributed by atoms with E-state index in [0.29, 0.717) is 24.5 Å². The maximum atomic E-state index is 12.2. The Labute approximate surface area is 127 Å². The maximum Gasteiger partial charge on any atom is 0.251 e. The van der Waals surface area contributed by atoms with Crippen LogP contribution in [-0.2, 0) is 6.54 Å². The van der Waals surface area contributed by atoms with Gasteiger partial charge in [-0.3, -0.25) is 14.6 Å². The number of carbonyl (C=O) groups excluding carboxylic acids is 1. The fourth-order valence-electron chi connectivity index (χ4n) is 2.16. The van der Waals surface area contributed by atoms with Gasteiger partial charge < -0.3 is 5.32 Å². The molecule has 3 rings (SSSR count). The summed E-state index contributed by atoms with van der Waals surface area (Å²) in [6, 6.07) is 9.20. The first kappa shape index (κ1) is 14.0. The minimum absolute atomic E-state index is 0.119. The summed E-state index contributed by atoms with van der Waals surface area (Å²) < 4.78 is 1.85. The van der Waals surface area contributed by atoms with Crippen molar-refractivity contribution in [2.45, 2.75) is 13.5 Å². The fraction of sp³-hybridized carbons (Fsp3) is 0.200. The molecule has 0 aliphatic carbocycles. The highest BCUT2D eigenvalue weighted by atomic mass is 16.1. The molecule has 0 aliphatic rings. The van der Waals surface area contributed by atoms with Gasteiger partial charge in [-0.1, -0.05) is 12.1 Å². The summed E-state index contributed by atoms with van der Waals surface area (Å²) in [7, 11) is 0. The maximum absolute atomic E-state index is 12.2. The van der Waals surface area contributed by atoms with E-state index < -0.39 is 0 Å². The van der Waals surface area contributed by atoms with Gasteiger partial charge in [-0.15, -0.1) is 0 Å². The number of hydrogen-bond donors (Lipinski definition) is 2. The smallest absolute Gasteiger partial charge is 0.251 e. The monoisotopic (exact) mass is 296 g/mol. The molecule has 0 unspecified atom stereocenters. The standard InChI is InChI=1S/C15H16N6O/c1-11-5-6-19-21(11)8-7-16-15(22)13-4-2-3-12(9-13)14-17-10-18-20-14/h2-6,9-10H,7-8H2,1H3,(H,16,22)(H,17,18,20). The van der Waals surface area contributed by atoms with Gasteiger partial charge in [0.15, 0.2) is 5.82 Å². The Balaban J connectivity index is 1.63. The highest BCUT2D eigenvalue weighted by Gasteiger charge is 2.08. The molecule has 7 heteroatoms. The average molecular weight is 296 g/mol. The summed E-state index contributed by atoms with van der Waals surface area (Å²) in [5.41, 5.74) is 2.49. The summed E-state index contributed by atoms with van der Waals surface area (Å²) >= 11 is 0. The normalized spacial score (nSPS) is 10.6. The van der Waals surface area contributed by atoms with E-state index in [9.17, 15) is 4.79 Å². The Bertz CT molecular complexity index is 762. The van der Waals surface area contributed by atoms with Crippen molar-refractivity contribution < 1.29 is 4.79 Å². The molecule has 22 heavy (non-hydrogen) atoms. The number of hydrogen-bond acceptors (Lipinski definition) is 4. The molecule has 0 saturated heterocycles. The Morgan fingerprint density at radius 3 is 3.00 bits per heavy atom. The Morgan fingerprint density at radius 2 is 2.27 bits per heavy atom. The van der Waals surface area contributed by atoms with Gasteiger partial charge in [0.25, 0.3) is 5.91 Å². The third-order valence-corrected chi connectivity index (χ3v) is 3.35. The Hall–Kier alpha value is -2.96. The lowest BCUT2D eigenvalue weighted by Crippen LogP contribution is -2.27. The topological polar surface area (TPSA) is 88.5 Å². The summed E-state index contributed by atoms with van der Waals surface area (Å²) in [4.78, 5) is 16.3. The van der Waals surface area contributed by atoms with E-state index in [2.05, 4.69) is 25.6 Å². The molecule has 112 valence electrons. The van der Waals surface area contributed by atoms with Crippen molar-refractivity contribution in [1.82, 2.24) is 30.3 Å². The van der Waals surface area contributed by atoms with Gasteiger partial charge in [0.05, 0.1) is 6.54 Å². The lowest BCUT2D eigenvalue weighted by atomic mass is 10.1. The number of carbonyl (C=O) groups is 1. The molecule has 0 radical (unpaired) electrons. The third kappa shape index (κ3) is 3.03. The fourth-order valence-corrected chi connectivity index (χ4v) is 2.16. The van der Waals surface area contributed by atoms with Crippen molar-refractivity contribution in [3.63, 3.8) is 0 Å². The van der Waals surface area contributed by atoms with Crippen molar-refractivity contribution >= 4 is 5.91 Å². The van der Waals surface area contributed by atoms with Gasteiger partial charge in [-0.2, -0.15) is 10.2 Å². The SMILES string of the molecule is Cc1ccnn1CCNC(=O)c1cccc(-c2ncn[nH]2)c1. The van der Waals surface area contributed by atoms with Crippen LogP contribution in [-0.4, -0.2) is 37.4 Å². The second-order valence-corrected chi connectivity index (χ2v) is 4.87. The van der Waals surface area contributed by atoms with Crippen molar-refractivity contribution in [3.8, 4) is 11.4 Å².